The zero-order valence-corrected chi connectivity index (χ0v) is 7.81. The molecule has 5 heteroatoms. The maximum atomic E-state index is 11.5. The molecule has 1 amide bonds. The number of hydrogen-bond donors (Lipinski definition) is 2. The van der Waals surface area contributed by atoms with Gasteiger partial charge in [-0.25, -0.2) is 0 Å². The summed E-state index contributed by atoms with van der Waals surface area (Å²) in [6.45, 7) is 1.33. The van der Waals surface area contributed by atoms with Crippen LogP contribution in [0.5, 0.6) is 0 Å². The van der Waals surface area contributed by atoms with Crippen molar-refractivity contribution >= 4 is 5.91 Å². The SMILES string of the molecule is O=C1CC(CO)CN1Cc1cn[nH]c1. The average Bonchev–Trinajstić information content (AvgIpc) is 2.78. The number of rotatable bonds is 3. The summed E-state index contributed by atoms with van der Waals surface area (Å²) in [5.41, 5.74) is 0.997. The Morgan fingerprint density at radius 1 is 1.71 bits per heavy atom. The number of H-pyrrole nitrogens is 1. The maximum Gasteiger partial charge on any atom is 0.223 e. The molecular weight excluding hydrogens is 182 g/mol. The van der Waals surface area contributed by atoms with Crippen molar-refractivity contribution in [2.75, 3.05) is 13.2 Å². The lowest BCUT2D eigenvalue weighted by Gasteiger charge is -2.14. The average molecular weight is 195 g/mol. The fraction of sp³-hybridized carbons (Fsp3) is 0.556. The fourth-order valence-electron chi connectivity index (χ4n) is 1.71. The second-order valence-corrected chi connectivity index (χ2v) is 3.63. The van der Waals surface area contributed by atoms with Gasteiger partial charge in [-0.3, -0.25) is 9.89 Å². The molecule has 0 aliphatic carbocycles. The maximum absolute atomic E-state index is 11.5. The van der Waals surface area contributed by atoms with E-state index in [2.05, 4.69) is 10.2 Å². The van der Waals surface area contributed by atoms with Gasteiger partial charge in [0.15, 0.2) is 0 Å². The minimum Gasteiger partial charge on any atom is -0.396 e. The van der Waals surface area contributed by atoms with Crippen molar-refractivity contribution < 1.29 is 9.90 Å². The Labute approximate surface area is 81.7 Å². The molecular formula is C9H13N3O2. The fourth-order valence-corrected chi connectivity index (χ4v) is 1.71. The highest BCUT2D eigenvalue weighted by Crippen LogP contribution is 2.18. The lowest BCUT2D eigenvalue weighted by Crippen LogP contribution is -2.24. The minimum absolute atomic E-state index is 0.0909. The number of hydrogen-bond acceptors (Lipinski definition) is 3. The largest absolute Gasteiger partial charge is 0.396 e. The summed E-state index contributed by atoms with van der Waals surface area (Å²) in [5, 5.41) is 15.5. The van der Waals surface area contributed by atoms with Gasteiger partial charge in [0.25, 0.3) is 0 Å². The van der Waals surface area contributed by atoms with Crippen LogP contribution in [0.1, 0.15) is 12.0 Å². The Kier molecular flexibility index (Phi) is 2.49. The summed E-state index contributed by atoms with van der Waals surface area (Å²) in [7, 11) is 0. The van der Waals surface area contributed by atoms with Crippen molar-refractivity contribution in [2.45, 2.75) is 13.0 Å². The highest BCUT2D eigenvalue weighted by molar-refractivity contribution is 5.78. The second kappa shape index (κ2) is 3.79. The van der Waals surface area contributed by atoms with E-state index in [1.807, 2.05) is 0 Å². The number of aromatic nitrogens is 2. The quantitative estimate of drug-likeness (QED) is 0.698. The third kappa shape index (κ3) is 1.77. The van der Waals surface area contributed by atoms with E-state index in [0.717, 1.165) is 5.56 Å². The normalized spacial score (nSPS) is 21.9. The molecule has 1 aromatic heterocycles. The Balaban J connectivity index is 1.96. The molecule has 1 unspecified atom stereocenters. The lowest BCUT2D eigenvalue weighted by molar-refractivity contribution is -0.128. The smallest absolute Gasteiger partial charge is 0.223 e. The number of carbonyl (C=O) groups is 1. The highest BCUT2D eigenvalue weighted by atomic mass is 16.3. The Hall–Kier alpha value is -1.36. The van der Waals surface area contributed by atoms with Crippen molar-refractivity contribution in [1.29, 1.82) is 0 Å². The van der Waals surface area contributed by atoms with Crippen LogP contribution < -0.4 is 0 Å². The van der Waals surface area contributed by atoms with Gasteiger partial charge in [0, 0.05) is 43.8 Å². The molecule has 2 N–H and O–H groups in total. The van der Waals surface area contributed by atoms with E-state index in [9.17, 15) is 4.79 Å². The molecule has 0 saturated carbocycles. The first-order chi connectivity index (χ1) is 6.79. The predicted octanol–water partition coefficient (Wildman–Crippen LogP) is -0.250. The van der Waals surface area contributed by atoms with Gasteiger partial charge in [-0.1, -0.05) is 0 Å². The Bertz CT molecular complexity index is 310. The first kappa shape index (κ1) is 9.21. The first-order valence-electron chi connectivity index (χ1n) is 4.66. The number of nitrogens with one attached hydrogen (secondary N) is 1. The molecule has 1 aliphatic heterocycles. The molecule has 0 bridgehead atoms. The van der Waals surface area contributed by atoms with Crippen LogP contribution in [0, 0.1) is 5.92 Å². The minimum atomic E-state index is 0.0909. The van der Waals surface area contributed by atoms with E-state index < -0.39 is 0 Å². The number of nitrogens with zero attached hydrogens (tertiary/aromatic N) is 2. The third-order valence-corrected chi connectivity index (χ3v) is 2.48. The van der Waals surface area contributed by atoms with Crippen molar-refractivity contribution in [3.8, 4) is 0 Å². The predicted molar refractivity (Wildman–Crippen MR) is 49.2 cm³/mol. The van der Waals surface area contributed by atoms with E-state index in [0.29, 0.717) is 19.5 Å². The Morgan fingerprint density at radius 3 is 3.14 bits per heavy atom. The molecule has 1 fully saturated rings. The van der Waals surface area contributed by atoms with E-state index in [1.54, 1.807) is 17.3 Å². The summed E-state index contributed by atoms with van der Waals surface area (Å²) >= 11 is 0. The lowest BCUT2D eigenvalue weighted by atomic mass is 10.1. The monoisotopic (exact) mass is 195 g/mol. The molecule has 14 heavy (non-hydrogen) atoms. The van der Waals surface area contributed by atoms with Gasteiger partial charge in [-0.15, -0.1) is 0 Å². The molecule has 1 atom stereocenters. The van der Waals surface area contributed by atoms with Crippen molar-refractivity contribution in [1.82, 2.24) is 15.1 Å². The number of aliphatic hydroxyl groups is 1. The summed E-state index contributed by atoms with van der Waals surface area (Å²) in [5.74, 6) is 0.222. The highest BCUT2D eigenvalue weighted by Gasteiger charge is 2.28. The van der Waals surface area contributed by atoms with Crippen LogP contribution >= 0.6 is 0 Å². The summed E-state index contributed by atoms with van der Waals surface area (Å²) in [4.78, 5) is 13.2. The molecule has 5 nitrogen and oxygen atoms in total. The van der Waals surface area contributed by atoms with E-state index >= 15 is 0 Å². The summed E-state index contributed by atoms with van der Waals surface area (Å²) in [6.07, 6.45) is 3.95. The van der Waals surface area contributed by atoms with E-state index in [1.165, 1.54) is 0 Å². The van der Waals surface area contributed by atoms with Gasteiger partial charge in [0.1, 0.15) is 0 Å². The topological polar surface area (TPSA) is 69.2 Å². The molecule has 1 aliphatic rings. The van der Waals surface area contributed by atoms with Crippen molar-refractivity contribution in [3.63, 3.8) is 0 Å². The molecule has 0 aromatic carbocycles. The third-order valence-electron chi connectivity index (χ3n) is 2.48. The first-order valence-corrected chi connectivity index (χ1v) is 4.66. The van der Waals surface area contributed by atoms with Crippen LogP contribution in [0.4, 0.5) is 0 Å². The van der Waals surface area contributed by atoms with Crippen LogP contribution in [0.2, 0.25) is 0 Å². The standard InChI is InChI=1S/C9H13N3O2/c13-6-7-1-9(14)12(4-7)5-8-2-10-11-3-8/h2-3,7,13H,1,4-6H2,(H,10,11). The molecule has 76 valence electrons. The van der Waals surface area contributed by atoms with Crippen LogP contribution in [0.25, 0.3) is 0 Å². The van der Waals surface area contributed by atoms with Gasteiger partial charge in [-0.2, -0.15) is 5.10 Å². The number of aliphatic hydroxyl groups excluding tert-OH is 1. The molecule has 1 saturated heterocycles. The number of likely N-dealkylation sites (tertiary alicyclic amines) is 1. The van der Waals surface area contributed by atoms with Gasteiger partial charge in [0.2, 0.25) is 5.91 Å². The van der Waals surface area contributed by atoms with Crippen LogP contribution in [0.3, 0.4) is 0 Å². The number of amides is 1. The summed E-state index contributed by atoms with van der Waals surface area (Å²) < 4.78 is 0. The van der Waals surface area contributed by atoms with Crippen molar-refractivity contribution in [2.24, 2.45) is 5.92 Å². The van der Waals surface area contributed by atoms with Crippen LogP contribution in [-0.2, 0) is 11.3 Å². The van der Waals surface area contributed by atoms with Gasteiger partial charge < -0.3 is 10.0 Å². The van der Waals surface area contributed by atoms with Gasteiger partial charge in [-0.05, 0) is 0 Å². The summed E-state index contributed by atoms with van der Waals surface area (Å²) in [6, 6.07) is 0. The van der Waals surface area contributed by atoms with Crippen molar-refractivity contribution in [3.05, 3.63) is 18.0 Å². The molecule has 2 heterocycles. The number of carbonyl (C=O) groups excluding carboxylic acids is 1. The van der Waals surface area contributed by atoms with Gasteiger partial charge >= 0.3 is 0 Å². The second-order valence-electron chi connectivity index (χ2n) is 3.63. The molecule has 2 rings (SSSR count). The zero-order valence-electron chi connectivity index (χ0n) is 7.81. The van der Waals surface area contributed by atoms with Crippen LogP contribution in [-0.4, -0.2) is 39.3 Å². The molecule has 1 aromatic rings. The van der Waals surface area contributed by atoms with Gasteiger partial charge in [0.05, 0.1) is 6.20 Å². The molecule has 0 radical (unpaired) electrons. The van der Waals surface area contributed by atoms with Crippen LogP contribution in [0.15, 0.2) is 12.4 Å². The van der Waals surface area contributed by atoms with E-state index in [4.69, 9.17) is 5.11 Å². The van der Waals surface area contributed by atoms with E-state index in [-0.39, 0.29) is 18.4 Å². The Morgan fingerprint density at radius 2 is 2.57 bits per heavy atom. The molecule has 0 spiro atoms. The zero-order chi connectivity index (χ0) is 9.97. The number of aromatic amines is 1.